The summed E-state index contributed by atoms with van der Waals surface area (Å²) >= 11 is 0. The van der Waals surface area contributed by atoms with Crippen LogP contribution in [0, 0.1) is 0 Å². The summed E-state index contributed by atoms with van der Waals surface area (Å²) in [6, 6.07) is 11.7. The molecule has 0 aliphatic carbocycles. The van der Waals surface area contributed by atoms with Crippen molar-refractivity contribution >= 4 is 35.1 Å². The van der Waals surface area contributed by atoms with Crippen LogP contribution in [0.4, 0.5) is 11.4 Å². The molecule has 2 unspecified atom stereocenters. The number of carbonyl (C=O) groups is 4. The van der Waals surface area contributed by atoms with Crippen molar-refractivity contribution in [1.82, 2.24) is 5.32 Å². The third-order valence-electron chi connectivity index (χ3n) is 5.38. The van der Waals surface area contributed by atoms with Gasteiger partial charge in [0, 0.05) is 19.1 Å². The first-order chi connectivity index (χ1) is 15.8. The lowest BCUT2D eigenvalue weighted by molar-refractivity contribution is -0.139. The van der Waals surface area contributed by atoms with Gasteiger partial charge in [-0.2, -0.15) is 0 Å². The number of benzene rings is 2. The summed E-state index contributed by atoms with van der Waals surface area (Å²) < 4.78 is 4.97. The number of carbonyl (C=O) groups excluding carboxylic acids is 3. The van der Waals surface area contributed by atoms with E-state index in [-0.39, 0.29) is 30.4 Å². The number of fused-ring (bicyclic) bond motifs is 1. The van der Waals surface area contributed by atoms with Crippen LogP contribution in [-0.2, 0) is 25.5 Å². The Morgan fingerprint density at radius 1 is 1.18 bits per heavy atom. The van der Waals surface area contributed by atoms with E-state index in [1.807, 2.05) is 13.0 Å². The van der Waals surface area contributed by atoms with Crippen LogP contribution in [0.3, 0.4) is 0 Å². The summed E-state index contributed by atoms with van der Waals surface area (Å²) in [6.45, 7) is 1.73. The normalized spacial score (nSPS) is 15.9. The molecule has 33 heavy (non-hydrogen) atoms. The fourth-order valence-corrected chi connectivity index (χ4v) is 3.81. The maximum absolute atomic E-state index is 12.8. The zero-order valence-electron chi connectivity index (χ0n) is 18.5. The van der Waals surface area contributed by atoms with Gasteiger partial charge in [0.25, 0.3) is 11.8 Å². The molecule has 3 rings (SSSR count). The smallest absolute Gasteiger partial charge is 0.326 e. The Labute approximate surface area is 191 Å². The van der Waals surface area contributed by atoms with Gasteiger partial charge >= 0.3 is 5.97 Å². The number of carboxylic acid groups (broad SMARTS) is 1. The molecule has 0 fully saturated rings. The van der Waals surface area contributed by atoms with Crippen molar-refractivity contribution in [3.05, 3.63) is 59.7 Å². The van der Waals surface area contributed by atoms with Gasteiger partial charge in [-0.3, -0.25) is 19.3 Å². The molecule has 2 aromatic carbocycles. The lowest BCUT2D eigenvalue weighted by Gasteiger charge is -2.36. The first-order valence-corrected chi connectivity index (χ1v) is 10.7. The van der Waals surface area contributed by atoms with Gasteiger partial charge in [-0.1, -0.05) is 43.7 Å². The second kappa shape index (κ2) is 10.7. The van der Waals surface area contributed by atoms with Crippen LogP contribution in [0.5, 0.6) is 0 Å². The van der Waals surface area contributed by atoms with Crippen molar-refractivity contribution in [2.75, 3.05) is 23.9 Å². The zero-order chi connectivity index (χ0) is 24.0. The van der Waals surface area contributed by atoms with Crippen LogP contribution in [0.15, 0.2) is 48.5 Å². The predicted molar refractivity (Wildman–Crippen MR) is 122 cm³/mol. The number of carboxylic acids is 1. The topological polar surface area (TPSA) is 125 Å². The molecule has 0 saturated carbocycles. The van der Waals surface area contributed by atoms with E-state index in [0.29, 0.717) is 24.2 Å². The summed E-state index contributed by atoms with van der Waals surface area (Å²) in [6.07, 6.45) is 1.30. The van der Waals surface area contributed by atoms with Crippen LogP contribution < -0.4 is 15.5 Å². The minimum atomic E-state index is -1.16. The SMILES string of the molecule is CCCC1C(=O)Nc2cc(C(=O)NC(Cc3ccccc3)C(=O)O)ccc2N1C(=O)COC. The molecule has 2 aromatic rings. The van der Waals surface area contributed by atoms with Crippen molar-refractivity contribution in [3.63, 3.8) is 0 Å². The molecule has 1 aliphatic heterocycles. The Hall–Kier alpha value is -3.72. The first kappa shape index (κ1) is 23.9. The molecule has 0 spiro atoms. The number of methoxy groups -OCH3 is 1. The zero-order valence-corrected chi connectivity index (χ0v) is 18.5. The van der Waals surface area contributed by atoms with Gasteiger partial charge < -0.3 is 20.5 Å². The van der Waals surface area contributed by atoms with Gasteiger partial charge in [-0.15, -0.1) is 0 Å². The number of nitrogens with zero attached hydrogens (tertiary/aromatic N) is 1. The number of rotatable bonds is 9. The fourth-order valence-electron chi connectivity index (χ4n) is 3.81. The molecule has 0 aromatic heterocycles. The van der Waals surface area contributed by atoms with Gasteiger partial charge in [-0.05, 0) is 30.2 Å². The molecular weight excluding hydrogens is 426 g/mol. The minimum Gasteiger partial charge on any atom is -0.480 e. The third-order valence-corrected chi connectivity index (χ3v) is 5.38. The van der Waals surface area contributed by atoms with Crippen LogP contribution in [0.1, 0.15) is 35.7 Å². The summed E-state index contributed by atoms with van der Waals surface area (Å²) in [5.74, 6) is -2.46. The highest BCUT2D eigenvalue weighted by Gasteiger charge is 2.36. The predicted octanol–water partition coefficient (Wildman–Crippen LogP) is 2.21. The molecule has 0 bridgehead atoms. The maximum atomic E-state index is 12.8. The number of aliphatic carboxylic acids is 1. The Bertz CT molecular complexity index is 1040. The number of ether oxygens (including phenoxy) is 1. The van der Waals surface area contributed by atoms with E-state index in [4.69, 9.17) is 4.74 Å². The van der Waals surface area contributed by atoms with E-state index in [1.165, 1.54) is 24.1 Å². The van der Waals surface area contributed by atoms with Gasteiger partial charge in [-0.25, -0.2) is 4.79 Å². The standard InChI is InChI=1S/C24H27N3O6/c1-3-7-20-23(30)25-17-13-16(10-11-19(17)27(20)21(28)14-33-2)22(29)26-18(24(31)32)12-15-8-5-4-6-9-15/h4-6,8-11,13,18,20H,3,7,12,14H2,1-2H3,(H,25,30)(H,26,29)(H,31,32). The molecule has 9 nitrogen and oxygen atoms in total. The number of anilines is 2. The lowest BCUT2D eigenvalue weighted by atomic mass is 10.0. The molecule has 0 radical (unpaired) electrons. The van der Waals surface area contributed by atoms with E-state index in [9.17, 15) is 24.3 Å². The first-order valence-electron chi connectivity index (χ1n) is 10.7. The number of amides is 3. The van der Waals surface area contributed by atoms with Crippen molar-refractivity contribution in [2.24, 2.45) is 0 Å². The maximum Gasteiger partial charge on any atom is 0.326 e. The number of nitrogens with one attached hydrogen (secondary N) is 2. The second-order valence-corrected chi connectivity index (χ2v) is 7.78. The molecule has 1 heterocycles. The summed E-state index contributed by atoms with van der Waals surface area (Å²) in [4.78, 5) is 51.3. The average Bonchev–Trinajstić information content (AvgIpc) is 2.79. The average molecular weight is 453 g/mol. The van der Waals surface area contributed by atoms with Crippen LogP contribution in [0.2, 0.25) is 0 Å². The van der Waals surface area contributed by atoms with Crippen molar-refractivity contribution < 1.29 is 29.0 Å². The Morgan fingerprint density at radius 2 is 1.91 bits per heavy atom. The molecule has 3 amide bonds. The van der Waals surface area contributed by atoms with Gasteiger partial charge in [0.15, 0.2) is 0 Å². The number of hydrogen-bond acceptors (Lipinski definition) is 5. The van der Waals surface area contributed by atoms with E-state index in [2.05, 4.69) is 10.6 Å². The van der Waals surface area contributed by atoms with Gasteiger partial charge in [0.2, 0.25) is 5.91 Å². The monoisotopic (exact) mass is 453 g/mol. The van der Waals surface area contributed by atoms with Crippen LogP contribution >= 0.6 is 0 Å². The van der Waals surface area contributed by atoms with Crippen LogP contribution in [-0.4, -0.2) is 54.6 Å². The van der Waals surface area contributed by atoms with Gasteiger partial charge in [0.1, 0.15) is 18.7 Å². The molecule has 2 atom stereocenters. The molecule has 0 saturated heterocycles. The quantitative estimate of drug-likeness (QED) is 0.535. The second-order valence-electron chi connectivity index (χ2n) is 7.78. The molecular formula is C24H27N3O6. The van der Waals surface area contributed by atoms with Crippen molar-refractivity contribution in [1.29, 1.82) is 0 Å². The highest BCUT2D eigenvalue weighted by atomic mass is 16.5. The molecule has 174 valence electrons. The molecule has 9 heteroatoms. The Balaban J connectivity index is 1.85. The number of hydrogen-bond donors (Lipinski definition) is 3. The molecule has 1 aliphatic rings. The summed E-state index contributed by atoms with van der Waals surface area (Å²) in [7, 11) is 1.40. The Morgan fingerprint density at radius 3 is 2.55 bits per heavy atom. The van der Waals surface area contributed by atoms with E-state index in [1.54, 1.807) is 30.3 Å². The molecule has 3 N–H and O–H groups in total. The van der Waals surface area contributed by atoms with Crippen molar-refractivity contribution in [3.8, 4) is 0 Å². The van der Waals surface area contributed by atoms with E-state index in [0.717, 1.165) is 5.56 Å². The summed E-state index contributed by atoms with van der Waals surface area (Å²) in [5.41, 5.74) is 1.71. The third kappa shape index (κ3) is 5.56. The highest BCUT2D eigenvalue weighted by molar-refractivity contribution is 6.13. The lowest BCUT2D eigenvalue weighted by Crippen LogP contribution is -2.52. The Kier molecular flexibility index (Phi) is 7.78. The highest BCUT2D eigenvalue weighted by Crippen LogP contribution is 2.34. The minimum absolute atomic E-state index is 0.127. The van der Waals surface area contributed by atoms with E-state index < -0.39 is 24.0 Å². The largest absolute Gasteiger partial charge is 0.480 e. The van der Waals surface area contributed by atoms with Crippen molar-refractivity contribution in [2.45, 2.75) is 38.3 Å². The van der Waals surface area contributed by atoms with Gasteiger partial charge in [0.05, 0.1) is 11.4 Å². The summed E-state index contributed by atoms with van der Waals surface area (Å²) in [5, 5.41) is 14.8. The fraction of sp³-hybridized carbons (Fsp3) is 0.333. The van der Waals surface area contributed by atoms with Crippen LogP contribution in [0.25, 0.3) is 0 Å². The van der Waals surface area contributed by atoms with E-state index >= 15 is 0 Å².